The van der Waals surface area contributed by atoms with Crippen LogP contribution in [-0.2, 0) is 4.79 Å². The van der Waals surface area contributed by atoms with Gasteiger partial charge in [0.15, 0.2) is 0 Å². The molecule has 0 aliphatic heterocycles. The first-order valence-electron chi connectivity index (χ1n) is 6.87. The predicted octanol–water partition coefficient (Wildman–Crippen LogP) is 2.38. The summed E-state index contributed by atoms with van der Waals surface area (Å²) in [7, 11) is 0. The van der Waals surface area contributed by atoms with Gasteiger partial charge in [-0.05, 0) is 25.1 Å². The molecule has 0 spiro atoms. The lowest BCUT2D eigenvalue weighted by Gasteiger charge is -2.07. The molecule has 0 aliphatic rings. The van der Waals surface area contributed by atoms with Gasteiger partial charge in [-0.1, -0.05) is 17.7 Å². The summed E-state index contributed by atoms with van der Waals surface area (Å²) < 4.78 is 1.65. The summed E-state index contributed by atoms with van der Waals surface area (Å²) in [4.78, 5) is 22.6. The zero-order chi connectivity index (χ0) is 16.8. The van der Waals surface area contributed by atoms with E-state index in [1.54, 1.807) is 16.8 Å². The Kier molecular flexibility index (Phi) is 6.06. The molecule has 2 aromatic rings. The molecule has 0 saturated heterocycles. The SMILES string of the molecule is Cc1c(C(=O)NCCSCC(=O)O)cnn1-c1cccc(Cl)c1. The Balaban J connectivity index is 1.98. The fourth-order valence-electron chi connectivity index (χ4n) is 1.99. The molecule has 0 atom stereocenters. The Morgan fingerprint density at radius 3 is 2.91 bits per heavy atom. The molecule has 1 aromatic carbocycles. The minimum atomic E-state index is -0.861. The zero-order valence-corrected chi connectivity index (χ0v) is 14.0. The summed E-state index contributed by atoms with van der Waals surface area (Å²) in [5.41, 5.74) is 1.97. The number of nitrogens with zero attached hydrogens (tertiary/aromatic N) is 2. The summed E-state index contributed by atoms with van der Waals surface area (Å²) in [6.45, 7) is 2.21. The maximum absolute atomic E-state index is 12.2. The first-order valence-corrected chi connectivity index (χ1v) is 8.40. The summed E-state index contributed by atoms with van der Waals surface area (Å²) in [6.07, 6.45) is 1.51. The number of aliphatic carboxylic acids is 1. The van der Waals surface area contributed by atoms with Crippen LogP contribution < -0.4 is 5.32 Å². The lowest BCUT2D eigenvalue weighted by molar-refractivity contribution is -0.133. The van der Waals surface area contributed by atoms with Gasteiger partial charge >= 0.3 is 5.97 Å². The number of hydrogen-bond donors (Lipinski definition) is 2. The quantitative estimate of drug-likeness (QED) is 0.746. The molecule has 0 aliphatic carbocycles. The topological polar surface area (TPSA) is 84.2 Å². The van der Waals surface area contributed by atoms with E-state index in [2.05, 4.69) is 10.4 Å². The first-order chi connectivity index (χ1) is 11.0. The van der Waals surface area contributed by atoms with Crippen molar-refractivity contribution < 1.29 is 14.7 Å². The van der Waals surface area contributed by atoms with E-state index in [0.29, 0.717) is 28.6 Å². The molecule has 2 rings (SSSR count). The highest BCUT2D eigenvalue weighted by Gasteiger charge is 2.14. The maximum atomic E-state index is 12.2. The molecule has 2 N–H and O–H groups in total. The second-order valence-corrected chi connectivity index (χ2v) is 6.28. The summed E-state index contributed by atoms with van der Waals surface area (Å²) in [5.74, 6) is -0.520. The average Bonchev–Trinajstić information content (AvgIpc) is 2.88. The standard InChI is InChI=1S/C15H16ClN3O3S/c1-10-13(15(22)17-5-6-23-9-14(20)21)8-18-19(10)12-4-2-3-11(16)7-12/h2-4,7-8H,5-6,9H2,1H3,(H,17,22)(H,20,21). The highest BCUT2D eigenvalue weighted by atomic mass is 35.5. The fraction of sp³-hybridized carbons (Fsp3) is 0.267. The van der Waals surface area contributed by atoms with Crippen molar-refractivity contribution in [3.63, 3.8) is 0 Å². The van der Waals surface area contributed by atoms with E-state index in [4.69, 9.17) is 16.7 Å². The van der Waals surface area contributed by atoms with Gasteiger partial charge in [0.05, 0.1) is 28.9 Å². The van der Waals surface area contributed by atoms with Crippen LogP contribution >= 0.6 is 23.4 Å². The van der Waals surface area contributed by atoms with Crippen molar-refractivity contribution >= 4 is 35.2 Å². The number of rotatable bonds is 7. The number of halogens is 1. The number of nitrogens with one attached hydrogen (secondary N) is 1. The minimum Gasteiger partial charge on any atom is -0.481 e. The molecule has 1 amide bonds. The Bertz CT molecular complexity index is 718. The molecule has 0 radical (unpaired) electrons. The molecular formula is C15H16ClN3O3S. The van der Waals surface area contributed by atoms with E-state index >= 15 is 0 Å². The van der Waals surface area contributed by atoms with Crippen LogP contribution in [0.1, 0.15) is 16.1 Å². The third-order valence-electron chi connectivity index (χ3n) is 3.06. The second-order valence-electron chi connectivity index (χ2n) is 4.74. The molecule has 0 fully saturated rings. The largest absolute Gasteiger partial charge is 0.481 e. The maximum Gasteiger partial charge on any atom is 0.313 e. The Morgan fingerprint density at radius 1 is 1.43 bits per heavy atom. The monoisotopic (exact) mass is 353 g/mol. The first kappa shape index (κ1) is 17.4. The van der Waals surface area contributed by atoms with Crippen LogP contribution in [0.3, 0.4) is 0 Å². The van der Waals surface area contributed by atoms with E-state index in [1.165, 1.54) is 18.0 Å². The molecule has 1 aromatic heterocycles. The number of carbonyl (C=O) groups is 2. The lowest BCUT2D eigenvalue weighted by atomic mass is 10.2. The summed E-state index contributed by atoms with van der Waals surface area (Å²) in [6, 6.07) is 7.21. The number of hydrogen-bond acceptors (Lipinski definition) is 4. The van der Waals surface area contributed by atoms with Crippen molar-refractivity contribution in [1.82, 2.24) is 15.1 Å². The van der Waals surface area contributed by atoms with Gasteiger partial charge in [0, 0.05) is 17.3 Å². The molecule has 0 bridgehead atoms. The smallest absolute Gasteiger partial charge is 0.313 e. The Hall–Kier alpha value is -1.99. The van der Waals surface area contributed by atoms with Gasteiger partial charge in [-0.25, -0.2) is 4.68 Å². The van der Waals surface area contributed by atoms with Crippen molar-refractivity contribution in [3.05, 3.63) is 46.7 Å². The Labute approximate surface area is 142 Å². The van der Waals surface area contributed by atoms with Crippen LogP contribution in [0.5, 0.6) is 0 Å². The molecule has 6 nitrogen and oxygen atoms in total. The van der Waals surface area contributed by atoms with Crippen molar-refractivity contribution in [2.75, 3.05) is 18.1 Å². The number of aromatic nitrogens is 2. The van der Waals surface area contributed by atoms with E-state index in [0.717, 1.165) is 5.69 Å². The molecule has 8 heteroatoms. The van der Waals surface area contributed by atoms with Crippen molar-refractivity contribution in [2.24, 2.45) is 0 Å². The van der Waals surface area contributed by atoms with Gasteiger partial charge < -0.3 is 10.4 Å². The number of carbonyl (C=O) groups excluding carboxylic acids is 1. The van der Waals surface area contributed by atoms with Crippen LogP contribution in [0.15, 0.2) is 30.5 Å². The summed E-state index contributed by atoms with van der Waals surface area (Å²) in [5, 5.41) is 16.1. The summed E-state index contributed by atoms with van der Waals surface area (Å²) >= 11 is 7.23. The average molecular weight is 354 g/mol. The van der Waals surface area contributed by atoms with Gasteiger partial charge in [0.1, 0.15) is 0 Å². The highest BCUT2D eigenvalue weighted by Crippen LogP contribution is 2.17. The van der Waals surface area contributed by atoms with Crippen LogP contribution in [0, 0.1) is 6.92 Å². The van der Waals surface area contributed by atoms with Crippen molar-refractivity contribution in [3.8, 4) is 5.69 Å². The van der Waals surface area contributed by atoms with Gasteiger partial charge in [-0.15, -0.1) is 11.8 Å². The number of carboxylic acids is 1. The molecule has 23 heavy (non-hydrogen) atoms. The number of amides is 1. The second kappa shape index (κ2) is 8.03. The highest BCUT2D eigenvalue weighted by molar-refractivity contribution is 7.99. The number of carboxylic acid groups (broad SMARTS) is 1. The number of thioether (sulfide) groups is 1. The van der Waals surface area contributed by atoms with E-state index in [9.17, 15) is 9.59 Å². The third kappa shape index (κ3) is 4.74. The van der Waals surface area contributed by atoms with Crippen molar-refractivity contribution in [2.45, 2.75) is 6.92 Å². The van der Waals surface area contributed by atoms with Crippen LogP contribution in [0.25, 0.3) is 5.69 Å². The Morgan fingerprint density at radius 2 is 2.22 bits per heavy atom. The van der Waals surface area contributed by atoms with Crippen LogP contribution in [0.2, 0.25) is 5.02 Å². The van der Waals surface area contributed by atoms with E-state index in [-0.39, 0.29) is 11.7 Å². The normalized spacial score (nSPS) is 10.5. The van der Waals surface area contributed by atoms with Crippen LogP contribution in [-0.4, -0.2) is 44.8 Å². The lowest BCUT2D eigenvalue weighted by Crippen LogP contribution is -2.26. The predicted molar refractivity (Wildman–Crippen MR) is 90.6 cm³/mol. The molecule has 0 saturated carbocycles. The third-order valence-corrected chi connectivity index (χ3v) is 4.24. The molecule has 0 unspecified atom stereocenters. The molecular weight excluding hydrogens is 338 g/mol. The van der Waals surface area contributed by atoms with Gasteiger partial charge in [-0.3, -0.25) is 9.59 Å². The van der Waals surface area contributed by atoms with Gasteiger partial charge in [0.25, 0.3) is 5.91 Å². The van der Waals surface area contributed by atoms with Crippen LogP contribution in [0.4, 0.5) is 0 Å². The number of benzene rings is 1. The fourth-order valence-corrected chi connectivity index (χ4v) is 2.74. The molecule has 122 valence electrons. The van der Waals surface area contributed by atoms with E-state index in [1.807, 2.05) is 19.1 Å². The van der Waals surface area contributed by atoms with E-state index < -0.39 is 5.97 Å². The van der Waals surface area contributed by atoms with Crippen molar-refractivity contribution in [1.29, 1.82) is 0 Å². The van der Waals surface area contributed by atoms with Gasteiger partial charge in [0.2, 0.25) is 0 Å². The molecule has 1 heterocycles. The van der Waals surface area contributed by atoms with Gasteiger partial charge in [-0.2, -0.15) is 5.10 Å². The minimum absolute atomic E-state index is 0.0294. The zero-order valence-electron chi connectivity index (χ0n) is 12.5.